The number of urea groups is 1. The van der Waals surface area contributed by atoms with Crippen LogP contribution in [0.15, 0.2) is 59.5 Å². The molecule has 25 heavy (non-hydrogen) atoms. The van der Waals surface area contributed by atoms with E-state index in [1.54, 1.807) is 0 Å². The molecule has 0 spiro atoms. The largest absolute Gasteiger partial charge is 0.338 e. The number of rotatable bonds is 5. The average molecular weight is 362 g/mol. The van der Waals surface area contributed by atoms with Crippen LogP contribution in [-0.2, 0) is 16.3 Å². The Labute approximate surface area is 146 Å². The quantitative estimate of drug-likeness (QED) is 0.830. The second kappa shape index (κ2) is 7.23. The number of likely N-dealkylation sites (tertiary alicyclic amines) is 1. The highest BCUT2D eigenvalue weighted by atomic mass is 32.2. The summed E-state index contributed by atoms with van der Waals surface area (Å²) in [7, 11) is -3.54. The first-order valence-electron chi connectivity index (χ1n) is 8.03. The van der Waals surface area contributed by atoms with Crippen LogP contribution in [0.4, 0.5) is 9.18 Å². The fourth-order valence-electron chi connectivity index (χ4n) is 2.69. The average Bonchev–Trinajstić information content (AvgIpc) is 2.54. The van der Waals surface area contributed by atoms with E-state index in [4.69, 9.17) is 0 Å². The maximum absolute atomic E-state index is 12.9. The zero-order valence-electron chi connectivity index (χ0n) is 13.6. The lowest BCUT2D eigenvalue weighted by Gasteiger charge is -2.38. The summed E-state index contributed by atoms with van der Waals surface area (Å²) >= 11 is 0. The van der Waals surface area contributed by atoms with Crippen LogP contribution in [0.2, 0.25) is 0 Å². The van der Waals surface area contributed by atoms with Gasteiger partial charge in [0, 0.05) is 19.6 Å². The zero-order chi connectivity index (χ0) is 17.9. The molecule has 2 amide bonds. The number of nitrogens with one attached hydrogen (secondary N) is 1. The highest BCUT2D eigenvalue weighted by Crippen LogP contribution is 2.23. The van der Waals surface area contributed by atoms with Gasteiger partial charge in [-0.05, 0) is 36.2 Å². The van der Waals surface area contributed by atoms with Crippen LogP contribution in [0.5, 0.6) is 0 Å². The lowest BCUT2D eigenvalue weighted by atomic mass is 10.1. The summed E-state index contributed by atoms with van der Waals surface area (Å²) in [5.74, 6) is -0.480. The third kappa shape index (κ3) is 3.99. The zero-order valence-corrected chi connectivity index (χ0v) is 14.4. The van der Waals surface area contributed by atoms with Crippen molar-refractivity contribution in [2.75, 3.05) is 19.6 Å². The smallest absolute Gasteiger partial charge is 0.317 e. The molecule has 2 aromatic rings. The van der Waals surface area contributed by atoms with E-state index >= 15 is 0 Å². The van der Waals surface area contributed by atoms with Gasteiger partial charge >= 0.3 is 6.03 Å². The fourth-order valence-corrected chi connectivity index (χ4v) is 4.34. The molecule has 0 aliphatic carbocycles. The number of halogens is 1. The van der Waals surface area contributed by atoms with Gasteiger partial charge in [-0.15, -0.1) is 0 Å². The minimum atomic E-state index is -3.54. The van der Waals surface area contributed by atoms with Crippen molar-refractivity contribution in [3.05, 3.63) is 66.0 Å². The van der Waals surface area contributed by atoms with Crippen LogP contribution < -0.4 is 5.32 Å². The van der Waals surface area contributed by atoms with Crippen LogP contribution in [0.25, 0.3) is 0 Å². The minimum absolute atomic E-state index is 0.0861. The Morgan fingerprint density at radius 1 is 1.08 bits per heavy atom. The van der Waals surface area contributed by atoms with Gasteiger partial charge < -0.3 is 10.2 Å². The molecule has 1 N–H and O–H groups in total. The molecule has 0 radical (unpaired) electrons. The highest BCUT2D eigenvalue weighted by molar-refractivity contribution is 7.92. The van der Waals surface area contributed by atoms with E-state index in [-0.39, 0.29) is 24.0 Å². The second-order valence-corrected chi connectivity index (χ2v) is 8.22. The molecule has 1 fully saturated rings. The first-order valence-corrected chi connectivity index (χ1v) is 9.57. The number of carbonyl (C=O) groups is 1. The maximum Gasteiger partial charge on any atom is 0.317 e. The van der Waals surface area contributed by atoms with Gasteiger partial charge in [-0.25, -0.2) is 17.6 Å². The van der Waals surface area contributed by atoms with E-state index in [9.17, 15) is 17.6 Å². The van der Waals surface area contributed by atoms with Gasteiger partial charge in [0.1, 0.15) is 11.1 Å². The Bertz CT molecular complexity index is 832. The van der Waals surface area contributed by atoms with E-state index in [1.165, 1.54) is 17.0 Å². The normalized spacial score (nSPS) is 14.8. The van der Waals surface area contributed by atoms with Crippen LogP contribution >= 0.6 is 0 Å². The molecule has 0 bridgehead atoms. The number of sulfone groups is 1. The second-order valence-electron chi connectivity index (χ2n) is 5.99. The summed E-state index contributed by atoms with van der Waals surface area (Å²) in [5, 5.41) is 2.15. The summed E-state index contributed by atoms with van der Waals surface area (Å²) in [6.07, 6.45) is 0.720. The number of benzene rings is 2. The number of amides is 2. The summed E-state index contributed by atoms with van der Waals surface area (Å²) in [6, 6.07) is 14.3. The summed E-state index contributed by atoms with van der Waals surface area (Å²) in [5.41, 5.74) is 1.13. The highest BCUT2D eigenvalue weighted by Gasteiger charge is 2.40. The van der Waals surface area contributed by atoms with Crippen molar-refractivity contribution in [1.82, 2.24) is 10.2 Å². The van der Waals surface area contributed by atoms with Gasteiger partial charge in [-0.1, -0.05) is 30.3 Å². The van der Waals surface area contributed by atoms with Gasteiger partial charge in [-0.3, -0.25) is 0 Å². The minimum Gasteiger partial charge on any atom is -0.338 e. The first-order chi connectivity index (χ1) is 12.0. The van der Waals surface area contributed by atoms with E-state index in [0.717, 1.165) is 24.1 Å². The summed E-state index contributed by atoms with van der Waals surface area (Å²) in [4.78, 5) is 13.6. The number of carbonyl (C=O) groups excluding carboxylic acids is 1. The van der Waals surface area contributed by atoms with Crippen molar-refractivity contribution < 1.29 is 17.6 Å². The molecule has 0 aromatic heterocycles. The Morgan fingerprint density at radius 3 is 2.36 bits per heavy atom. The van der Waals surface area contributed by atoms with Gasteiger partial charge in [0.05, 0.1) is 4.90 Å². The fraction of sp³-hybridized carbons (Fsp3) is 0.278. The monoisotopic (exact) mass is 362 g/mol. The number of nitrogens with zero attached hydrogens (tertiary/aromatic N) is 1. The van der Waals surface area contributed by atoms with Crippen LogP contribution in [0.3, 0.4) is 0 Å². The molecule has 7 heteroatoms. The predicted octanol–water partition coefficient (Wildman–Crippen LogP) is 2.24. The van der Waals surface area contributed by atoms with Crippen molar-refractivity contribution in [2.24, 2.45) is 0 Å². The van der Waals surface area contributed by atoms with Crippen molar-refractivity contribution in [2.45, 2.75) is 16.6 Å². The standard InChI is InChI=1S/C18H19FN2O3S/c19-15-6-8-16(9-7-15)25(23,24)17-12-21(13-17)18(22)20-11-10-14-4-2-1-3-5-14/h1-9,17H,10-13H2,(H,20,22). The van der Waals surface area contributed by atoms with Gasteiger partial charge in [0.15, 0.2) is 9.84 Å². The molecule has 1 saturated heterocycles. The molecule has 0 atom stereocenters. The number of hydrogen-bond acceptors (Lipinski definition) is 3. The Kier molecular flexibility index (Phi) is 5.03. The van der Waals surface area contributed by atoms with Crippen LogP contribution in [0.1, 0.15) is 5.56 Å². The van der Waals surface area contributed by atoms with Crippen molar-refractivity contribution in [1.29, 1.82) is 0 Å². The summed E-state index contributed by atoms with van der Waals surface area (Å²) in [6.45, 7) is 0.794. The van der Waals surface area contributed by atoms with E-state index < -0.39 is 20.9 Å². The molecular weight excluding hydrogens is 343 g/mol. The predicted molar refractivity (Wildman–Crippen MR) is 92.5 cm³/mol. The first kappa shape index (κ1) is 17.4. The van der Waals surface area contributed by atoms with E-state index in [2.05, 4.69) is 5.32 Å². The maximum atomic E-state index is 12.9. The molecule has 5 nitrogen and oxygen atoms in total. The topological polar surface area (TPSA) is 66.5 Å². The third-order valence-corrected chi connectivity index (χ3v) is 6.35. The molecule has 1 aliphatic heterocycles. The van der Waals surface area contributed by atoms with E-state index in [0.29, 0.717) is 6.54 Å². The molecule has 3 rings (SSSR count). The molecule has 2 aromatic carbocycles. The third-order valence-electron chi connectivity index (χ3n) is 4.25. The summed E-state index contributed by atoms with van der Waals surface area (Å²) < 4.78 is 37.7. The number of hydrogen-bond donors (Lipinski definition) is 1. The van der Waals surface area contributed by atoms with E-state index in [1.807, 2.05) is 30.3 Å². The molecule has 132 valence electrons. The Hall–Kier alpha value is -2.41. The molecule has 0 saturated carbocycles. The Morgan fingerprint density at radius 2 is 1.72 bits per heavy atom. The lowest BCUT2D eigenvalue weighted by Crippen LogP contribution is -2.59. The van der Waals surface area contributed by atoms with Crippen LogP contribution in [-0.4, -0.2) is 44.2 Å². The molecular formula is C18H19FN2O3S. The molecule has 1 heterocycles. The van der Waals surface area contributed by atoms with Crippen molar-refractivity contribution in [3.8, 4) is 0 Å². The van der Waals surface area contributed by atoms with Gasteiger partial charge in [0.25, 0.3) is 0 Å². The van der Waals surface area contributed by atoms with Crippen molar-refractivity contribution in [3.63, 3.8) is 0 Å². The molecule has 0 unspecified atom stereocenters. The van der Waals surface area contributed by atoms with Crippen LogP contribution in [0, 0.1) is 5.82 Å². The van der Waals surface area contributed by atoms with Gasteiger partial charge in [-0.2, -0.15) is 0 Å². The molecule has 1 aliphatic rings. The Balaban J connectivity index is 1.48. The van der Waals surface area contributed by atoms with Gasteiger partial charge in [0.2, 0.25) is 0 Å². The SMILES string of the molecule is O=C(NCCc1ccccc1)N1CC(S(=O)(=O)c2ccc(F)cc2)C1. The van der Waals surface area contributed by atoms with Crippen molar-refractivity contribution >= 4 is 15.9 Å². The lowest BCUT2D eigenvalue weighted by molar-refractivity contribution is 0.169.